The van der Waals surface area contributed by atoms with Gasteiger partial charge in [0.2, 0.25) is 0 Å². The van der Waals surface area contributed by atoms with Crippen LogP contribution in [0.3, 0.4) is 0 Å². The molecule has 1 N–H and O–H groups in total. The molecule has 0 spiro atoms. The third-order valence-corrected chi connectivity index (χ3v) is 7.74. The van der Waals surface area contributed by atoms with Gasteiger partial charge in [-0.25, -0.2) is 13.2 Å². The average molecular weight is 566 g/mol. The van der Waals surface area contributed by atoms with E-state index in [1.807, 2.05) is 0 Å². The predicted molar refractivity (Wildman–Crippen MR) is 133 cm³/mol. The molecular weight excluding hydrogens is 543 g/mol. The maximum atomic E-state index is 13.2. The number of amides is 1. The first-order chi connectivity index (χ1) is 16.5. The van der Waals surface area contributed by atoms with E-state index in [9.17, 15) is 18.0 Å². The van der Waals surface area contributed by atoms with Crippen LogP contribution in [0.15, 0.2) is 29.2 Å². The maximum Gasteiger partial charge on any atom is 0.340 e. The molecule has 3 rings (SSSR count). The zero-order chi connectivity index (χ0) is 25.9. The van der Waals surface area contributed by atoms with Crippen LogP contribution >= 0.6 is 34.8 Å². The summed E-state index contributed by atoms with van der Waals surface area (Å²) in [5.41, 5.74) is -0.254. The van der Waals surface area contributed by atoms with Crippen molar-refractivity contribution in [2.45, 2.75) is 30.8 Å². The molecule has 2 aromatic rings. The molecular formula is C22H23Cl3N2O7S. The first-order valence-corrected chi connectivity index (χ1v) is 13.0. The van der Waals surface area contributed by atoms with Crippen LogP contribution in [-0.4, -0.2) is 58.6 Å². The van der Waals surface area contributed by atoms with Crippen molar-refractivity contribution < 1.29 is 32.2 Å². The Hall–Kier alpha value is -2.40. The minimum atomic E-state index is -4.35. The molecule has 0 bridgehead atoms. The summed E-state index contributed by atoms with van der Waals surface area (Å²) in [5.74, 6) is -0.889. The van der Waals surface area contributed by atoms with Crippen LogP contribution in [0, 0.1) is 0 Å². The number of sulfonamides is 1. The second-order valence-corrected chi connectivity index (χ2v) is 10.5. The lowest BCUT2D eigenvalue weighted by atomic mass is 10.2. The minimum Gasteiger partial charge on any atom is -0.495 e. The molecule has 1 fully saturated rings. The van der Waals surface area contributed by atoms with Crippen molar-refractivity contribution in [1.82, 2.24) is 4.90 Å². The lowest BCUT2D eigenvalue weighted by molar-refractivity contribution is -0.138. The SMILES string of the molecule is COc1cc(OC)c(NS(=O)(=O)c2cc(C(=O)OC(C)C(=O)N3CCCC3)c(Cl)cc2Cl)cc1Cl. The number of likely N-dealkylation sites (tertiary alicyclic amines) is 1. The molecule has 35 heavy (non-hydrogen) atoms. The van der Waals surface area contributed by atoms with Crippen molar-refractivity contribution in [1.29, 1.82) is 0 Å². The van der Waals surface area contributed by atoms with Crippen molar-refractivity contribution in [3.05, 3.63) is 44.9 Å². The highest BCUT2D eigenvalue weighted by Gasteiger charge is 2.29. The summed E-state index contributed by atoms with van der Waals surface area (Å²) in [6, 6.07) is 4.81. The van der Waals surface area contributed by atoms with Crippen LogP contribution in [0.1, 0.15) is 30.1 Å². The Morgan fingerprint density at radius 3 is 2.17 bits per heavy atom. The molecule has 0 aromatic heterocycles. The second kappa shape index (κ2) is 11.1. The molecule has 1 unspecified atom stereocenters. The number of nitrogens with one attached hydrogen (secondary N) is 1. The molecule has 0 saturated carbocycles. The zero-order valence-corrected chi connectivity index (χ0v) is 22.1. The number of hydrogen-bond donors (Lipinski definition) is 1. The van der Waals surface area contributed by atoms with Crippen LogP contribution in [0.5, 0.6) is 11.5 Å². The van der Waals surface area contributed by atoms with E-state index >= 15 is 0 Å². The molecule has 1 atom stereocenters. The highest BCUT2D eigenvalue weighted by molar-refractivity contribution is 7.92. The van der Waals surface area contributed by atoms with Gasteiger partial charge in [0.1, 0.15) is 16.4 Å². The normalized spacial score (nSPS) is 14.4. The Morgan fingerprint density at radius 2 is 1.57 bits per heavy atom. The summed E-state index contributed by atoms with van der Waals surface area (Å²) in [6.07, 6.45) is 0.693. The van der Waals surface area contributed by atoms with Crippen LogP contribution in [0.25, 0.3) is 0 Å². The van der Waals surface area contributed by atoms with E-state index in [2.05, 4.69) is 4.72 Å². The summed E-state index contributed by atoms with van der Waals surface area (Å²) in [7, 11) is -1.60. The molecule has 1 heterocycles. The van der Waals surface area contributed by atoms with E-state index < -0.39 is 27.0 Å². The minimum absolute atomic E-state index is 0.0123. The van der Waals surface area contributed by atoms with Crippen molar-refractivity contribution in [2.75, 3.05) is 32.0 Å². The van der Waals surface area contributed by atoms with Gasteiger partial charge in [-0.05, 0) is 38.0 Å². The topological polar surface area (TPSA) is 111 Å². The Morgan fingerprint density at radius 1 is 0.943 bits per heavy atom. The largest absolute Gasteiger partial charge is 0.495 e. The van der Waals surface area contributed by atoms with Gasteiger partial charge in [-0.2, -0.15) is 0 Å². The number of esters is 1. The van der Waals surface area contributed by atoms with Crippen molar-refractivity contribution in [3.63, 3.8) is 0 Å². The number of hydrogen-bond acceptors (Lipinski definition) is 7. The molecule has 2 aromatic carbocycles. The lowest BCUT2D eigenvalue weighted by Gasteiger charge is -2.21. The molecule has 1 saturated heterocycles. The molecule has 1 amide bonds. The zero-order valence-electron chi connectivity index (χ0n) is 19.1. The number of methoxy groups -OCH3 is 2. The monoisotopic (exact) mass is 564 g/mol. The summed E-state index contributed by atoms with van der Waals surface area (Å²) < 4.78 is 44.3. The lowest BCUT2D eigenvalue weighted by Crippen LogP contribution is -2.38. The Bertz CT molecular complexity index is 1250. The summed E-state index contributed by atoms with van der Waals surface area (Å²) in [6.45, 7) is 2.63. The fraction of sp³-hybridized carbons (Fsp3) is 0.364. The third kappa shape index (κ3) is 6.06. The van der Waals surface area contributed by atoms with Crippen LogP contribution in [-0.2, 0) is 19.6 Å². The molecule has 0 radical (unpaired) electrons. The van der Waals surface area contributed by atoms with Gasteiger partial charge in [0.15, 0.2) is 6.10 Å². The number of carbonyl (C=O) groups excluding carboxylic acids is 2. The highest BCUT2D eigenvalue weighted by atomic mass is 35.5. The Kier molecular flexibility index (Phi) is 8.63. The van der Waals surface area contributed by atoms with Crippen LogP contribution < -0.4 is 14.2 Å². The average Bonchev–Trinajstić information content (AvgIpc) is 3.33. The first kappa shape index (κ1) is 27.2. The van der Waals surface area contributed by atoms with Gasteiger partial charge >= 0.3 is 5.97 Å². The van der Waals surface area contributed by atoms with E-state index in [-0.39, 0.29) is 43.7 Å². The summed E-state index contributed by atoms with van der Waals surface area (Å²) in [4.78, 5) is 26.4. The van der Waals surface area contributed by atoms with Crippen molar-refractivity contribution >= 4 is 62.4 Å². The molecule has 13 heteroatoms. The van der Waals surface area contributed by atoms with Crippen LogP contribution in [0.4, 0.5) is 5.69 Å². The quantitative estimate of drug-likeness (QED) is 0.465. The molecule has 0 aliphatic carbocycles. The highest BCUT2D eigenvalue weighted by Crippen LogP contribution is 2.38. The fourth-order valence-corrected chi connectivity index (χ4v) is 5.65. The van der Waals surface area contributed by atoms with Gasteiger partial charge in [-0.1, -0.05) is 34.8 Å². The molecule has 1 aliphatic heterocycles. The number of nitrogens with zero attached hydrogens (tertiary/aromatic N) is 1. The van der Waals surface area contributed by atoms with Crippen molar-refractivity contribution in [2.24, 2.45) is 0 Å². The third-order valence-electron chi connectivity index (χ3n) is 5.30. The Labute approximate surface area is 218 Å². The van der Waals surface area contributed by atoms with Gasteiger partial charge in [0.25, 0.3) is 15.9 Å². The van der Waals surface area contributed by atoms with E-state index in [0.29, 0.717) is 13.1 Å². The Balaban J connectivity index is 1.89. The van der Waals surface area contributed by atoms with Gasteiger partial charge in [-0.3, -0.25) is 9.52 Å². The molecule has 190 valence electrons. The number of carbonyl (C=O) groups is 2. The number of ether oxygens (including phenoxy) is 3. The maximum absolute atomic E-state index is 13.2. The predicted octanol–water partition coefficient (Wildman–Crippen LogP) is 4.63. The number of rotatable bonds is 8. The van der Waals surface area contributed by atoms with Gasteiger partial charge in [0.05, 0.1) is 40.5 Å². The summed E-state index contributed by atoms with van der Waals surface area (Å²) in [5, 5.41) is -0.238. The van der Waals surface area contributed by atoms with Crippen molar-refractivity contribution in [3.8, 4) is 11.5 Å². The van der Waals surface area contributed by atoms with E-state index in [1.165, 1.54) is 33.3 Å². The van der Waals surface area contributed by atoms with E-state index in [0.717, 1.165) is 25.0 Å². The van der Waals surface area contributed by atoms with E-state index in [1.54, 1.807) is 4.90 Å². The second-order valence-electron chi connectivity index (χ2n) is 7.63. The summed E-state index contributed by atoms with van der Waals surface area (Å²) >= 11 is 18.4. The number of halogens is 3. The van der Waals surface area contributed by atoms with E-state index in [4.69, 9.17) is 49.0 Å². The smallest absolute Gasteiger partial charge is 0.340 e. The first-order valence-electron chi connectivity index (χ1n) is 10.4. The van der Waals surface area contributed by atoms with Gasteiger partial charge in [-0.15, -0.1) is 0 Å². The standard InChI is InChI=1S/C22H23Cl3N2O7S/c1-12(21(28)27-6-4-5-7-27)34-22(29)13-8-20(16(25)9-14(13)23)35(30,31)26-17-10-15(24)18(32-2)11-19(17)33-3/h8-12,26H,4-7H2,1-3H3. The molecule has 1 aliphatic rings. The van der Waals surface area contributed by atoms with Gasteiger partial charge < -0.3 is 19.1 Å². The number of benzene rings is 2. The fourth-order valence-electron chi connectivity index (χ4n) is 3.50. The van der Waals surface area contributed by atoms with Crippen LogP contribution in [0.2, 0.25) is 15.1 Å². The molecule has 9 nitrogen and oxygen atoms in total. The number of anilines is 1. The van der Waals surface area contributed by atoms with Gasteiger partial charge in [0, 0.05) is 19.2 Å².